The number of hydrogen-bond acceptors (Lipinski definition) is 2. The Bertz CT molecular complexity index is 1630. The maximum absolute atomic E-state index is 5.96. The quantitative estimate of drug-likeness (QED) is 0.274. The van der Waals surface area contributed by atoms with Crippen LogP contribution < -0.4 is 4.74 Å². The van der Waals surface area contributed by atoms with E-state index in [0.29, 0.717) is 6.61 Å². The van der Waals surface area contributed by atoms with Crippen LogP contribution in [0.2, 0.25) is 0 Å². The number of hydrogen-bond donors (Lipinski definition) is 0. The third-order valence-corrected chi connectivity index (χ3v) is 6.71. The molecule has 7 rings (SSSR count). The first-order valence-electron chi connectivity index (χ1n) is 11.8. The Morgan fingerprint density at radius 3 is 1.97 bits per heavy atom. The predicted octanol–water partition coefficient (Wildman–Crippen LogP) is 7.92. The topological polar surface area (TPSA) is 27.1 Å². The smallest absolute Gasteiger partial charge is 0.152 e. The zero-order valence-electron chi connectivity index (χ0n) is 19.1. The lowest BCUT2D eigenvalue weighted by Gasteiger charge is -2.19. The van der Waals surface area contributed by atoms with Gasteiger partial charge in [0.2, 0.25) is 0 Å². The molecule has 0 spiro atoms. The molecule has 0 atom stereocenters. The highest BCUT2D eigenvalue weighted by molar-refractivity contribution is 5.97. The number of rotatable bonds is 3. The van der Waals surface area contributed by atoms with Gasteiger partial charge in [0.25, 0.3) is 0 Å². The summed E-state index contributed by atoms with van der Waals surface area (Å²) in [7, 11) is 0. The molecule has 0 N–H and O–H groups in total. The second kappa shape index (κ2) is 8.00. The molecule has 5 aromatic carbocycles. The van der Waals surface area contributed by atoms with Crippen LogP contribution in [0.15, 0.2) is 121 Å². The summed E-state index contributed by atoms with van der Waals surface area (Å²) in [6.07, 6.45) is 0. The lowest BCUT2D eigenvalue weighted by atomic mass is 9.87. The van der Waals surface area contributed by atoms with Crippen molar-refractivity contribution < 1.29 is 4.74 Å². The summed E-state index contributed by atoms with van der Waals surface area (Å²) in [6.45, 7) is 0.469. The molecular weight excluding hydrogens is 428 g/mol. The Morgan fingerprint density at radius 1 is 0.600 bits per heavy atom. The summed E-state index contributed by atoms with van der Waals surface area (Å²) in [6, 6.07) is 42.6. The maximum atomic E-state index is 5.96. The van der Waals surface area contributed by atoms with E-state index in [1.807, 2.05) is 18.2 Å². The highest BCUT2D eigenvalue weighted by Crippen LogP contribution is 2.41. The molecule has 0 unspecified atom stereocenters. The molecule has 1 aromatic heterocycles. The normalized spacial score (nSPS) is 12.1. The largest absolute Gasteiger partial charge is 0.483 e. The number of para-hydroxylation sites is 2. The van der Waals surface area contributed by atoms with Gasteiger partial charge in [0, 0.05) is 0 Å². The number of imidazole rings is 1. The third kappa shape index (κ3) is 3.24. The van der Waals surface area contributed by atoms with Gasteiger partial charge >= 0.3 is 0 Å². The van der Waals surface area contributed by atoms with Gasteiger partial charge in [0.1, 0.15) is 12.4 Å². The van der Waals surface area contributed by atoms with E-state index in [9.17, 15) is 0 Å². The van der Waals surface area contributed by atoms with Gasteiger partial charge in [-0.3, -0.25) is 4.57 Å². The van der Waals surface area contributed by atoms with Crippen molar-refractivity contribution in [1.82, 2.24) is 9.55 Å². The predicted molar refractivity (Wildman–Crippen MR) is 142 cm³/mol. The average molecular weight is 451 g/mol. The third-order valence-electron chi connectivity index (χ3n) is 6.71. The van der Waals surface area contributed by atoms with Gasteiger partial charge in [0.15, 0.2) is 5.82 Å². The van der Waals surface area contributed by atoms with Crippen molar-refractivity contribution in [3.63, 3.8) is 0 Å². The van der Waals surface area contributed by atoms with Crippen LogP contribution in [0.5, 0.6) is 5.75 Å². The lowest BCUT2D eigenvalue weighted by Crippen LogP contribution is -2.12. The number of benzene rings is 5. The van der Waals surface area contributed by atoms with Crippen LogP contribution in [0.4, 0.5) is 0 Å². The van der Waals surface area contributed by atoms with Crippen LogP contribution >= 0.6 is 0 Å². The van der Waals surface area contributed by atoms with E-state index < -0.39 is 0 Å². The maximum Gasteiger partial charge on any atom is 0.152 e. The number of aromatic nitrogens is 2. The number of fused-ring (bicyclic) bond motifs is 5. The van der Waals surface area contributed by atoms with Crippen LogP contribution in [-0.2, 0) is 6.61 Å². The fourth-order valence-corrected chi connectivity index (χ4v) is 5.14. The standard InChI is InChI=1S/C32H22N2O/c1-3-10-22(11-4-1)25-14-9-15-26(23-12-5-2-6-13-23)32(25)24-18-19-28-27(20-24)33-31-21-35-30-17-8-7-16-29(30)34(28)31/h1-20H,21H2. The van der Waals surface area contributed by atoms with Crippen LogP contribution in [0, 0.1) is 0 Å². The van der Waals surface area contributed by atoms with Crippen LogP contribution in [0.1, 0.15) is 5.82 Å². The number of nitrogens with zero attached hydrogens (tertiary/aromatic N) is 2. The van der Waals surface area contributed by atoms with Crippen molar-refractivity contribution in [1.29, 1.82) is 0 Å². The van der Waals surface area contributed by atoms with E-state index in [0.717, 1.165) is 33.9 Å². The first-order valence-corrected chi connectivity index (χ1v) is 11.8. The molecule has 3 heteroatoms. The summed E-state index contributed by atoms with van der Waals surface area (Å²) in [5, 5.41) is 0. The molecule has 3 nitrogen and oxygen atoms in total. The summed E-state index contributed by atoms with van der Waals surface area (Å²) >= 11 is 0. The highest BCUT2D eigenvalue weighted by Gasteiger charge is 2.22. The molecule has 0 aliphatic carbocycles. The molecule has 0 saturated heterocycles. The molecule has 0 amide bonds. The van der Waals surface area contributed by atoms with Crippen molar-refractivity contribution >= 4 is 11.0 Å². The van der Waals surface area contributed by atoms with Gasteiger partial charge in [-0.15, -0.1) is 0 Å². The van der Waals surface area contributed by atoms with E-state index in [1.54, 1.807) is 0 Å². The molecule has 0 saturated carbocycles. The number of ether oxygens (including phenoxy) is 1. The molecule has 166 valence electrons. The molecule has 0 bridgehead atoms. The second-order valence-corrected chi connectivity index (χ2v) is 8.78. The molecule has 0 radical (unpaired) electrons. The Kier molecular flexibility index (Phi) is 4.52. The monoisotopic (exact) mass is 450 g/mol. The van der Waals surface area contributed by atoms with Gasteiger partial charge in [-0.05, 0) is 57.6 Å². The van der Waals surface area contributed by atoms with E-state index in [1.165, 1.54) is 27.8 Å². The van der Waals surface area contributed by atoms with Crippen LogP contribution in [-0.4, -0.2) is 9.55 Å². The first-order chi connectivity index (χ1) is 17.4. The van der Waals surface area contributed by atoms with Gasteiger partial charge in [-0.2, -0.15) is 0 Å². The van der Waals surface area contributed by atoms with Crippen molar-refractivity contribution in [2.75, 3.05) is 0 Å². The van der Waals surface area contributed by atoms with Crippen molar-refractivity contribution in [2.24, 2.45) is 0 Å². The zero-order chi connectivity index (χ0) is 23.2. The highest BCUT2D eigenvalue weighted by atomic mass is 16.5. The van der Waals surface area contributed by atoms with E-state index in [4.69, 9.17) is 9.72 Å². The van der Waals surface area contributed by atoms with Crippen molar-refractivity contribution in [3.8, 4) is 44.8 Å². The van der Waals surface area contributed by atoms with Crippen LogP contribution in [0.25, 0.3) is 50.1 Å². The van der Waals surface area contributed by atoms with E-state index in [-0.39, 0.29) is 0 Å². The van der Waals surface area contributed by atoms with Crippen molar-refractivity contribution in [2.45, 2.75) is 6.61 Å². The molecule has 35 heavy (non-hydrogen) atoms. The van der Waals surface area contributed by atoms with E-state index in [2.05, 4.69) is 108 Å². The van der Waals surface area contributed by atoms with Gasteiger partial charge in [-0.25, -0.2) is 4.98 Å². The average Bonchev–Trinajstić information content (AvgIpc) is 3.32. The Morgan fingerprint density at radius 2 is 1.26 bits per heavy atom. The SMILES string of the molecule is c1ccc(-c2cccc(-c3ccccc3)c2-c2ccc3c(c2)nc2n3-c3ccccc3OC2)cc1. The van der Waals surface area contributed by atoms with Gasteiger partial charge in [0.05, 0.1) is 16.7 Å². The molecule has 2 heterocycles. The summed E-state index contributed by atoms with van der Waals surface area (Å²) in [5.41, 5.74) is 10.3. The summed E-state index contributed by atoms with van der Waals surface area (Å²) in [4.78, 5) is 4.98. The Balaban J connectivity index is 1.48. The fourth-order valence-electron chi connectivity index (χ4n) is 5.14. The fraction of sp³-hybridized carbons (Fsp3) is 0.0312. The first kappa shape index (κ1) is 19.8. The summed E-state index contributed by atoms with van der Waals surface area (Å²) < 4.78 is 8.19. The molecule has 1 aliphatic heterocycles. The Hall–Kier alpha value is -4.63. The molecular formula is C32H22N2O. The molecule has 1 aliphatic rings. The minimum absolute atomic E-state index is 0.469. The second-order valence-electron chi connectivity index (χ2n) is 8.78. The minimum atomic E-state index is 0.469. The van der Waals surface area contributed by atoms with E-state index >= 15 is 0 Å². The lowest BCUT2D eigenvalue weighted by molar-refractivity contribution is 0.280. The molecule has 0 fully saturated rings. The summed E-state index contributed by atoms with van der Waals surface area (Å²) in [5.74, 6) is 1.82. The van der Waals surface area contributed by atoms with Crippen molar-refractivity contribution in [3.05, 3.63) is 127 Å². The zero-order valence-corrected chi connectivity index (χ0v) is 19.1. The Labute approximate surface area is 203 Å². The minimum Gasteiger partial charge on any atom is -0.483 e. The molecule has 6 aromatic rings. The van der Waals surface area contributed by atoms with Gasteiger partial charge < -0.3 is 4.74 Å². The van der Waals surface area contributed by atoms with Crippen LogP contribution in [0.3, 0.4) is 0 Å². The van der Waals surface area contributed by atoms with Gasteiger partial charge in [-0.1, -0.05) is 97.1 Å².